The molecule has 104 valence electrons. The van der Waals surface area contributed by atoms with Crippen LogP contribution in [-0.2, 0) is 0 Å². The second-order valence-electron chi connectivity index (χ2n) is 6.30. The van der Waals surface area contributed by atoms with Gasteiger partial charge in [0.25, 0.3) is 0 Å². The van der Waals surface area contributed by atoms with Gasteiger partial charge < -0.3 is 0 Å². The highest BCUT2D eigenvalue weighted by Gasteiger charge is 2.06. The Morgan fingerprint density at radius 1 is 0.944 bits per heavy atom. The molecule has 0 nitrogen and oxygen atoms in total. The molecule has 0 saturated carbocycles. The van der Waals surface area contributed by atoms with Crippen LogP contribution < -0.4 is 0 Å². The Morgan fingerprint density at radius 3 is 2.06 bits per heavy atom. The Kier molecular flexibility index (Phi) is 10.2. The molecule has 0 aromatic rings. The highest BCUT2D eigenvalue weighted by atomic mass is 28.3. The molecule has 0 aromatic heterocycles. The Morgan fingerprint density at radius 2 is 1.50 bits per heavy atom. The summed E-state index contributed by atoms with van der Waals surface area (Å²) in [5, 5.41) is 0. The zero-order valence-corrected chi connectivity index (χ0v) is 14.2. The zero-order valence-electron chi connectivity index (χ0n) is 13.2. The van der Waals surface area contributed by atoms with Crippen LogP contribution in [-0.4, -0.2) is 8.07 Å². The van der Waals surface area contributed by atoms with Gasteiger partial charge in [-0.2, -0.15) is 0 Å². The predicted octanol–water partition coefficient (Wildman–Crippen LogP) is 5.95. The van der Waals surface area contributed by atoms with E-state index in [9.17, 15) is 0 Å². The van der Waals surface area contributed by atoms with Gasteiger partial charge in [0.2, 0.25) is 0 Å². The number of rotatable bonds is 8. The standard InChI is InChI=1S/C17H32Si/c1-6-7-8-9-10-11-12-13-14-17(2)15-16-18(3,4)5/h14H,6-13H2,1-5H3/b17-14-. The summed E-state index contributed by atoms with van der Waals surface area (Å²) in [5.41, 5.74) is 4.68. The number of unbranched alkanes of at least 4 members (excludes halogenated alkanes) is 7. The number of hydrogen-bond donors (Lipinski definition) is 0. The van der Waals surface area contributed by atoms with Gasteiger partial charge in [-0.3, -0.25) is 0 Å². The summed E-state index contributed by atoms with van der Waals surface area (Å²) in [7, 11) is -1.20. The van der Waals surface area contributed by atoms with E-state index in [0.29, 0.717) is 0 Å². The van der Waals surface area contributed by atoms with E-state index >= 15 is 0 Å². The SMILES string of the molecule is CCCCCCCCC/C=C(/C)C#C[Si](C)(C)C. The maximum Gasteiger partial charge on any atom is 0.129 e. The van der Waals surface area contributed by atoms with Gasteiger partial charge in [-0.05, 0) is 25.3 Å². The fourth-order valence-electron chi connectivity index (χ4n) is 1.76. The van der Waals surface area contributed by atoms with Crippen molar-refractivity contribution in [2.75, 3.05) is 0 Å². The lowest BCUT2D eigenvalue weighted by Crippen LogP contribution is -2.16. The molecule has 0 bridgehead atoms. The van der Waals surface area contributed by atoms with E-state index in [1.54, 1.807) is 0 Å². The lowest BCUT2D eigenvalue weighted by molar-refractivity contribution is 0.592. The van der Waals surface area contributed by atoms with Crippen molar-refractivity contribution >= 4 is 8.07 Å². The Balaban J connectivity index is 3.60. The quantitative estimate of drug-likeness (QED) is 0.288. The van der Waals surface area contributed by atoms with Crippen molar-refractivity contribution < 1.29 is 0 Å². The Hall–Kier alpha value is -0.483. The van der Waals surface area contributed by atoms with Crippen molar-refractivity contribution in [1.29, 1.82) is 0 Å². The first-order valence-electron chi connectivity index (χ1n) is 7.65. The van der Waals surface area contributed by atoms with Gasteiger partial charge in [0, 0.05) is 0 Å². The molecule has 0 N–H and O–H groups in total. The molecule has 0 heterocycles. The molecule has 0 fully saturated rings. The predicted molar refractivity (Wildman–Crippen MR) is 87.5 cm³/mol. The van der Waals surface area contributed by atoms with Crippen molar-refractivity contribution in [2.24, 2.45) is 0 Å². The van der Waals surface area contributed by atoms with Crippen LogP contribution >= 0.6 is 0 Å². The van der Waals surface area contributed by atoms with Gasteiger partial charge >= 0.3 is 0 Å². The van der Waals surface area contributed by atoms with Gasteiger partial charge in [0.15, 0.2) is 0 Å². The summed E-state index contributed by atoms with van der Waals surface area (Å²) in [6.07, 6.45) is 13.3. The molecular weight excluding hydrogens is 232 g/mol. The molecule has 0 aliphatic heterocycles. The molecule has 0 amide bonds. The van der Waals surface area contributed by atoms with Crippen LogP contribution in [0, 0.1) is 11.5 Å². The average Bonchev–Trinajstić information content (AvgIpc) is 2.29. The van der Waals surface area contributed by atoms with E-state index in [-0.39, 0.29) is 0 Å². The first-order chi connectivity index (χ1) is 8.45. The molecule has 0 aliphatic carbocycles. The number of hydrogen-bond acceptors (Lipinski definition) is 0. The lowest BCUT2D eigenvalue weighted by atomic mass is 10.1. The fourth-order valence-corrected chi connectivity index (χ4v) is 2.33. The summed E-state index contributed by atoms with van der Waals surface area (Å²) < 4.78 is 0. The molecule has 0 unspecified atom stereocenters. The molecule has 0 saturated heterocycles. The van der Waals surface area contributed by atoms with Gasteiger partial charge in [0.05, 0.1) is 0 Å². The smallest absolute Gasteiger partial charge is 0.127 e. The van der Waals surface area contributed by atoms with Crippen LogP contribution in [0.15, 0.2) is 11.6 Å². The van der Waals surface area contributed by atoms with Crippen LogP contribution in [0.5, 0.6) is 0 Å². The van der Waals surface area contributed by atoms with Crippen molar-refractivity contribution in [3.05, 3.63) is 11.6 Å². The van der Waals surface area contributed by atoms with E-state index in [1.807, 2.05) is 0 Å². The molecule has 1 heteroatoms. The molecule has 0 spiro atoms. The van der Waals surface area contributed by atoms with Gasteiger partial charge in [0.1, 0.15) is 8.07 Å². The second-order valence-corrected chi connectivity index (χ2v) is 11.0. The van der Waals surface area contributed by atoms with Gasteiger partial charge in [-0.1, -0.05) is 77.1 Å². The number of allylic oxidation sites excluding steroid dienone is 2. The molecule has 0 radical (unpaired) electrons. The third-order valence-corrected chi connectivity index (χ3v) is 3.77. The van der Waals surface area contributed by atoms with Crippen molar-refractivity contribution in [1.82, 2.24) is 0 Å². The van der Waals surface area contributed by atoms with Crippen LogP contribution in [0.2, 0.25) is 19.6 Å². The highest BCUT2D eigenvalue weighted by Crippen LogP contribution is 2.09. The van der Waals surface area contributed by atoms with Gasteiger partial charge in [-0.15, -0.1) is 5.54 Å². The highest BCUT2D eigenvalue weighted by molar-refractivity contribution is 6.83. The molecule has 0 aliphatic rings. The maximum absolute atomic E-state index is 3.42. The van der Waals surface area contributed by atoms with Crippen LogP contribution in [0.3, 0.4) is 0 Å². The van der Waals surface area contributed by atoms with Crippen molar-refractivity contribution in [2.45, 2.75) is 84.9 Å². The largest absolute Gasteiger partial charge is 0.129 e. The van der Waals surface area contributed by atoms with Gasteiger partial charge in [-0.25, -0.2) is 0 Å². The minimum absolute atomic E-state index is 1.20. The van der Waals surface area contributed by atoms with Crippen LogP contribution in [0.1, 0.15) is 65.2 Å². The molecule has 0 aromatic carbocycles. The maximum atomic E-state index is 3.42. The summed E-state index contributed by atoms with van der Waals surface area (Å²) >= 11 is 0. The Bertz CT molecular complexity index is 283. The molecule has 18 heavy (non-hydrogen) atoms. The van der Waals surface area contributed by atoms with Crippen LogP contribution in [0.4, 0.5) is 0 Å². The van der Waals surface area contributed by atoms with Crippen molar-refractivity contribution in [3.8, 4) is 11.5 Å². The normalized spacial score (nSPS) is 12.2. The summed E-state index contributed by atoms with van der Waals surface area (Å²) in [5.74, 6) is 3.31. The monoisotopic (exact) mass is 264 g/mol. The van der Waals surface area contributed by atoms with E-state index in [1.165, 1.54) is 56.9 Å². The summed E-state index contributed by atoms with van der Waals surface area (Å²) in [6, 6.07) is 0. The molecule has 0 rings (SSSR count). The fraction of sp³-hybridized carbons (Fsp3) is 0.765. The van der Waals surface area contributed by atoms with E-state index in [2.05, 4.69) is 51.0 Å². The molecule has 0 atom stereocenters. The Labute approximate surface area is 116 Å². The summed E-state index contributed by atoms with van der Waals surface area (Å²) in [6.45, 7) is 11.3. The zero-order chi connectivity index (χ0) is 13.9. The summed E-state index contributed by atoms with van der Waals surface area (Å²) in [4.78, 5) is 0. The third-order valence-electron chi connectivity index (χ3n) is 2.89. The van der Waals surface area contributed by atoms with Crippen molar-refractivity contribution in [3.63, 3.8) is 0 Å². The second kappa shape index (κ2) is 10.4. The molecular formula is C17H32Si. The average molecular weight is 265 g/mol. The third kappa shape index (κ3) is 13.6. The first kappa shape index (κ1) is 17.5. The minimum atomic E-state index is -1.20. The van der Waals surface area contributed by atoms with E-state index in [4.69, 9.17) is 0 Å². The van der Waals surface area contributed by atoms with E-state index < -0.39 is 8.07 Å². The van der Waals surface area contributed by atoms with Crippen LogP contribution in [0.25, 0.3) is 0 Å². The lowest BCUT2D eigenvalue weighted by Gasteiger charge is -2.03. The topological polar surface area (TPSA) is 0 Å². The minimum Gasteiger partial charge on any atom is -0.127 e. The van der Waals surface area contributed by atoms with E-state index in [0.717, 1.165) is 0 Å². The first-order valence-corrected chi connectivity index (χ1v) is 11.2.